The monoisotopic (exact) mass is 309 g/mol. The van der Waals surface area contributed by atoms with Gasteiger partial charge in [0.2, 0.25) is 0 Å². The maximum atomic E-state index is 2.28. The number of hydrogen-bond acceptors (Lipinski definition) is 1. The van der Waals surface area contributed by atoms with Gasteiger partial charge in [0, 0.05) is 0 Å². The largest absolute Gasteiger partial charge is 0.312 e. The van der Waals surface area contributed by atoms with E-state index in [2.05, 4.69) is 13.8 Å². The van der Waals surface area contributed by atoms with Crippen LogP contribution in [-0.2, 0) is 0 Å². The minimum absolute atomic E-state index is 0. The molecule has 0 fully saturated rings. The molecule has 17 heavy (non-hydrogen) atoms. The maximum Gasteiger partial charge on any atom is -0.0140 e. The molecule has 0 atom stereocenters. The molecule has 0 spiro atoms. The van der Waals surface area contributed by atoms with Gasteiger partial charge < -0.3 is 4.90 Å². The molecule has 0 aromatic heterocycles. The smallest absolute Gasteiger partial charge is 0.0140 e. The first-order chi connectivity index (χ1) is 7.65. The standard InChI is InChI=1S/C12H26.C3H9N.BrH/c1-3-5-7-9-11-12-10-8-6-4-2;1-4(2)3;/h3-12H2,1-2H3;1-3H3;1H. The molecule has 0 aliphatic heterocycles. The lowest BCUT2D eigenvalue weighted by Crippen LogP contribution is -1.99. The highest BCUT2D eigenvalue weighted by atomic mass is 79.9. The molecule has 0 aliphatic carbocycles. The van der Waals surface area contributed by atoms with Crippen molar-refractivity contribution in [3.8, 4) is 0 Å². The highest BCUT2D eigenvalue weighted by Gasteiger charge is 1.90. The molecule has 2 heteroatoms. The van der Waals surface area contributed by atoms with Crippen molar-refractivity contribution in [1.29, 1.82) is 0 Å². The fraction of sp³-hybridized carbons (Fsp3) is 1.00. The molecule has 0 aromatic carbocycles. The van der Waals surface area contributed by atoms with Crippen molar-refractivity contribution in [1.82, 2.24) is 4.90 Å². The second-order valence-corrected chi connectivity index (χ2v) is 5.17. The SMILES string of the molecule is Br.CCCCCCCCCCCC.CN(C)C. The van der Waals surface area contributed by atoms with E-state index in [4.69, 9.17) is 0 Å². The summed E-state index contributed by atoms with van der Waals surface area (Å²) in [5.41, 5.74) is 0. The van der Waals surface area contributed by atoms with Gasteiger partial charge in [-0.05, 0) is 21.1 Å². The van der Waals surface area contributed by atoms with Gasteiger partial charge in [-0.2, -0.15) is 0 Å². The Hall–Kier alpha value is 0.440. The molecule has 0 bridgehead atoms. The van der Waals surface area contributed by atoms with Crippen LogP contribution in [0, 0.1) is 0 Å². The van der Waals surface area contributed by atoms with E-state index in [1.165, 1.54) is 64.2 Å². The molecule has 0 rings (SSSR count). The first-order valence-electron chi connectivity index (χ1n) is 7.26. The van der Waals surface area contributed by atoms with E-state index in [-0.39, 0.29) is 17.0 Å². The van der Waals surface area contributed by atoms with E-state index in [0.717, 1.165) is 0 Å². The van der Waals surface area contributed by atoms with Crippen LogP contribution >= 0.6 is 17.0 Å². The topological polar surface area (TPSA) is 3.24 Å². The van der Waals surface area contributed by atoms with Gasteiger partial charge in [-0.15, -0.1) is 17.0 Å². The van der Waals surface area contributed by atoms with E-state index in [9.17, 15) is 0 Å². The van der Waals surface area contributed by atoms with Crippen molar-refractivity contribution >= 4 is 17.0 Å². The van der Waals surface area contributed by atoms with E-state index in [0.29, 0.717) is 0 Å². The number of nitrogens with zero attached hydrogens (tertiary/aromatic N) is 1. The second kappa shape index (κ2) is 21.7. The van der Waals surface area contributed by atoms with Crippen molar-refractivity contribution in [3.05, 3.63) is 0 Å². The van der Waals surface area contributed by atoms with E-state index < -0.39 is 0 Å². The van der Waals surface area contributed by atoms with Crippen molar-refractivity contribution < 1.29 is 0 Å². The van der Waals surface area contributed by atoms with Crippen LogP contribution in [-0.4, -0.2) is 26.0 Å². The highest BCUT2D eigenvalue weighted by molar-refractivity contribution is 8.93. The van der Waals surface area contributed by atoms with Crippen LogP contribution in [0.15, 0.2) is 0 Å². The van der Waals surface area contributed by atoms with Crippen LogP contribution in [0.25, 0.3) is 0 Å². The second-order valence-electron chi connectivity index (χ2n) is 5.17. The van der Waals surface area contributed by atoms with E-state index >= 15 is 0 Å². The fourth-order valence-corrected chi connectivity index (χ4v) is 1.56. The van der Waals surface area contributed by atoms with Crippen molar-refractivity contribution in [2.24, 2.45) is 0 Å². The Morgan fingerprint density at radius 1 is 0.529 bits per heavy atom. The first-order valence-corrected chi connectivity index (χ1v) is 7.26. The average Bonchev–Trinajstić information content (AvgIpc) is 2.21. The van der Waals surface area contributed by atoms with E-state index in [1.54, 1.807) is 0 Å². The Balaban J connectivity index is -0.000000340. The minimum Gasteiger partial charge on any atom is -0.312 e. The van der Waals surface area contributed by atoms with Gasteiger partial charge in [0.05, 0.1) is 0 Å². The summed E-state index contributed by atoms with van der Waals surface area (Å²) >= 11 is 0. The highest BCUT2D eigenvalue weighted by Crippen LogP contribution is 2.09. The predicted octanol–water partition coefficient (Wildman–Crippen LogP) is 5.68. The quantitative estimate of drug-likeness (QED) is 0.495. The van der Waals surface area contributed by atoms with Crippen LogP contribution in [0.4, 0.5) is 0 Å². The molecular formula is C15H36BrN. The van der Waals surface area contributed by atoms with Crippen LogP contribution in [0.2, 0.25) is 0 Å². The number of hydrogen-bond donors (Lipinski definition) is 0. The zero-order valence-electron chi connectivity index (χ0n) is 12.9. The molecular weight excluding hydrogens is 274 g/mol. The van der Waals surface area contributed by atoms with Gasteiger partial charge in [0.25, 0.3) is 0 Å². The van der Waals surface area contributed by atoms with E-state index in [1.807, 2.05) is 26.0 Å². The summed E-state index contributed by atoms with van der Waals surface area (Å²) in [6.45, 7) is 4.56. The number of halogens is 1. The first kappa shape index (κ1) is 22.6. The van der Waals surface area contributed by atoms with Gasteiger partial charge in [-0.25, -0.2) is 0 Å². The molecule has 108 valence electrons. The van der Waals surface area contributed by atoms with Gasteiger partial charge in [-0.3, -0.25) is 0 Å². The van der Waals surface area contributed by atoms with Gasteiger partial charge >= 0.3 is 0 Å². The van der Waals surface area contributed by atoms with Gasteiger partial charge in [0.15, 0.2) is 0 Å². The molecule has 0 N–H and O–H groups in total. The zero-order chi connectivity index (χ0) is 12.6. The summed E-state index contributed by atoms with van der Waals surface area (Å²) in [5.74, 6) is 0. The van der Waals surface area contributed by atoms with Gasteiger partial charge in [-0.1, -0.05) is 78.1 Å². The van der Waals surface area contributed by atoms with Gasteiger partial charge in [0.1, 0.15) is 0 Å². The third-order valence-corrected chi connectivity index (χ3v) is 2.46. The molecule has 0 aliphatic rings. The fourth-order valence-electron chi connectivity index (χ4n) is 1.56. The Morgan fingerprint density at radius 3 is 0.882 bits per heavy atom. The average molecular weight is 310 g/mol. The van der Waals surface area contributed by atoms with Crippen LogP contribution < -0.4 is 0 Å². The molecule has 1 nitrogen and oxygen atoms in total. The maximum absolute atomic E-state index is 2.28. The third-order valence-electron chi connectivity index (χ3n) is 2.46. The van der Waals surface area contributed by atoms with Crippen LogP contribution in [0.5, 0.6) is 0 Å². The van der Waals surface area contributed by atoms with Crippen molar-refractivity contribution in [2.45, 2.75) is 78.1 Å². The van der Waals surface area contributed by atoms with Crippen LogP contribution in [0.1, 0.15) is 78.1 Å². The summed E-state index contributed by atoms with van der Waals surface area (Å²) in [5, 5.41) is 0. The summed E-state index contributed by atoms with van der Waals surface area (Å²) in [4.78, 5) is 2.00. The minimum atomic E-state index is 0. The number of rotatable bonds is 9. The molecule has 0 aromatic rings. The Kier molecular flexibility index (Phi) is 28.9. The third kappa shape index (κ3) is 38.5. The summed E-state index contributed by atoms with van der Waals surface area (Å²) < 4.78 is 0. The number of unbranched alkanes of at least 4 members (excludes halogenated alkanes) is 9. The summed E-state index contributed by atoms with van der Waals surface area (Å²) in [7, 11) is 6.00. The predicted molar refractivity (Wildman–Crippen MR) is 87.5 cm³/mol. The molecule has 0 unspecified atom stereocenters. The Labute approximate surface area is 121 Å². The summed E-state index contributed by atoms with van der Waals surface area (Å²) in [6, 6.07) is 0. The lowest BCUT2D eigenvalue weighted by Gasteiger charge is -1.99. The molecule has 0 radical (unpaired) electrons. The lowest BCUT2D eigenvalue weighted by molar-refractivity contribution is 0.505. The zero-order valence-corrected chi connectivity index (χ0v) is 14.6. The van der Waals surface area contributed by atoms with Crippen LogP contribution in [0.3, 0.4) is 0 Å². The lowest BCUT2D eigenvalue weighted by atomic mass is 10.1. The molecule has 0 saturated carbocycles. The Bertz CT molecular complexity index is 92.3. The molecule has 0 amide bonds. The normalized spacial score (nSPS) is 9.53. The van der Waals surface area contributed by atoms with Crippen molar-refractivity contribution in [3.63, 3.8) is 0 Å². The molecule has 0 saturated heterocycles. The van der Waals surface area contributed by atoms with Crippen molar-refractivity contribution in [2.75, 3.05) is 21.1 Å². The summed E-state index contributed by atoms with van der Waals surface area (Å²) in [6.07, 6.45) is 14.4. The molecule has 0 heterocycles. The Morgan fingerprint density at radius 2 is 0.706 bits per heavy atom.